The van der Waals surface area contributed by atoms with E-state index in [0.29, 0.717) is 26.4 Å². The van der Waals surface area contributed by atoms with Crippen LogP contribution in [-0.2, 0) is 32.2 Å². The molecule has 0 radical (unpaired) electrons. The Kier molecular flexibility index (Phi) is 7.39. The fourth-order valence-electron chi connectivity index (χ4n) is 3.23. The summed E-state index contributed by atoms with van der Waals surface area (Å²) in [4.78, 5) is 14.5. The molecular formula is C22H27NO4. The second-order valence-corrected chi connectivity index (χ2v) is 6.68. The molecule has 1 heterocycles. The van der Waals surface area contributed by atoms with E-state index in [-0.39, 0.29) is 12.1 Å². The van der Waals surface area contributed by atoms with Crippen LogP contribution in [0.2, 0.25) is 0 Å². The molecule has 2 aromatic rings. The molecule has 1 aliphatic rings. The molecule has 0 N–H and O–H groups in total. The van der Waals surface area contributed by atoms with E-state index in [1.54, 1.807) is 0 Å². The quantitative estimate of drug-likeness (QED) is 0.670. The maximum atomic E-state index is 12.2. The Hall–Kier alpha value is -2.21. The number of carbonyl (C=O) groups is 1. The first kappa shape index (κ1) is 19.5. The van der Waals surface area contributed by atoms with Gasteiger partial charge in [0.25, 0.3) is 0 Å². The molecule has 144 valence electrons. The summed E-state index contributed by atoms with van der Waals surface area (Å²) in [5.74, 6) is -0.302. The Morgan fingerprint density at radius 3 is 2.37 bits per heavy atom. The summed E-state index contributed by atoms with van der Waals surface area (Å²) >= 11 is 0. The smallest absolute Gasteiger partial charge is 0.336 e. The van der Waals surface area contributed by atoms with Gasteiger partial charge in [-0.3, -0.25) is 4.90 Å². The van der Waals surface area contributed by atoms with Crippen LogP contribution in [0.15, 0.2) is 60.7 Å². The largest absolute Gasteiger partial charge is 0.464 e. The van der Waals surface area contributed by atoms with Gasteiger partial charge in [0.15, 0.2) is 6.10 Å². The summed E-state index contributed by atoms with van der Waals surface area (Å²) in [6.45, 7) is 5.16. The fraction of sp³-hybridized carbons (Fsp3) is 0.409. The second-order valence-electron chi connectivity index (χ2n) is 6.68. The highest BCUT2D eigenvalue weighted by Gasteiger charge is 2.33. The van der Waals surface area contributed by atoms with E-state index in [4.69, 9.17) is 14.2 Å². The molecule has 0 bridgehead atoms. The lowest BCUT2D eigenvalue weighted by Crippen LogP contribution is -2.52. The zero-order valence-corrected chi connectivity index (χ0v) is 15.8. The molecular weight excluding hydrogens is 342 g/mol. The van der Waals surface area contributed by atoms with Gasteiger partial charge >= 0.3 is 5.97 Å². The number of esters is 1. The van der Waals surface area contributed by atoms with Crippen molar-refractivity contribution in [3.8, 4) is 0 Å². The van der Waals surface area contributed by atoms with Gasteiger partial charge in [0.2, 0.25) is 0 Å². The SMILES string of the molecule is CCOC(=O)C1CN(Cc2ccccc2)C[C@@H](COCc2ccccc2)O1. The van der Waals surface area contributed by atoms with E-state index in [1.807, 2.05) is 55.5 Å². The average molecular weight is 369 g/mol. The Balaban J connectivity index is 1.58. The van der Waals surface area contributed by atoms with Crippen LogP contribution < -0.4 is 0 Å². The van der Waals surface area contributed by atoms with E-state index in [1.165, 1.54) is 5.56 Å². The second kappa shape index (κ2) is 10.2. The standard InChI is InChI=1S/C22H27NO4/c1-2-26-22(24)21-15-23(13-18-9-5-3-6-10-18)14-20(27-21)17-25-16-19-11-7-4-8-12-19/h3-12,20-21H,2,13-17H2,1H3/t20-,21?/m0/s1. The molecule has 1 aliphatic heterocycles. The van der Waals surface area contributed by atoms with Crippen molar-refractivity contribution >= 4 is 5.97 Å². The molecule has 5 nitrogen and oxygen atoms in total. The van der Waals surface area contributed by atoms with Crippen LogP contribution in [0.1, 0.15) is 18.1 Å². The maximum Gasteiger partial charge on any atom is 0.336 e. The molecule has 0 saturated carbocycles. The third-order valence-electron chi connectivity index (χ3n) is 4.46. The first-order valence-corrected chi connectivity index (χ1v) is 9.44. The van der Waals surface area contributed by atoms with Gasteiger partial charge in [0.05, 0.1) is 25.9 Å². The number of carbonyl (C=O) groups excluding carboxylic acids is 1. The van der Waals surface area contributed by atoms with Crippen molar-refractivity contribution < 1.29 is 19.0 Å². The highest BCUT2D eigenvalue weighted by Crippen LogP contribution is 2.17. The molecule has 1 unspecified atom stereocenters. The van der Waals surface area contributed by atoms with Gasteiger partial charge < -0.3 is 14.2 Å². The van der Waals surface area contributed by atoms with Gasteiger partial charge in [-0.1, -0.05) is 60.7 Å². The fourth-order valence-corrected chi connectivity index (χ4v) is 3.23. The van der Waals surface area contributed by atoms with Crippen molar-refractivity contribution in [2.75, 3.05) is 26.3 Å². The third kappa shape index (κ3) is 6.17. The Bertz CT molecular complexity index is 692. The minimum Gasteiger partial charge on any atom is -0.464 e. The van der Waals surface area contributed by atoms with Crippen LogP contribution in [0.3, 0.4) is 0 Å². The van der Waals surface area contributed by atoms with Crippen molar-refractivity contribution in [3.05, 3.63) is 71.8 Å². The molecule has 27 heavy (non-hydrogen) atoms. The molecule has 3 rings (SSSR count). The van der Waals surface area contributed by atoms with Crippen LogP contribution in [0.5, 0.6) is 0 Å². The summed E-state index contributed by atoms with van der Waals surface area (Å²) in [6.07, 6.45) is -0.742. The van der Waals surface area contributed by atoms with Crippen molar-refractivity contribution in [2.45, 2.75) is 32.3 Å². The van der Waals surface area contributed by atoms with Crippen LogP contribution in [-0.4, -0.2) is 49.4 Å². The predicted octanol–water partition coefficient (Wildman–Crippen LogP) is 3.04. The lowest BCUT2D eigenvalue weighted by molar-refractivity contribution is -0.175. The molecule has 5 heteroatoms. The Morgan fingerprint density at radius 1 is 1.04 bits per heavy atom. The first-order chi connectivity index (χ1) is 13.2. The van der Waals surface area contributed by atoms with E-state index >= 15 is 0 Å². The monoisotopic (exact) mass is 369 g/mol. The van der Waals surface area contributed by atoms with Crippen molar-refractivity contribution in [1.29, 1.82) is 0 Å². The Labute approximate surface area is 160 Å². The normalized spacial score (nSPS) is 20.3. The molecule has 0 spiro atoms. The van der Waals surface area contributed by atoms with E-state index in [2.05, 4.69) is 17.0 Å². The summed E-state index contributed by atoms with van der Waals surface area (Å²) < 4.78 is 17.0. The molecule has 2 aromatic carbocycles. The summed E-state index contributed by atoms with van der Waals surface area (Å²) in [6, 6.07) is 20.3. The molecule has 1 saturated heterocycles. The van der Waals surface area contributed by atoms with E-state index in [9.17, 15) is 4.79 Å². The molecule has 0 aliphatic carbocycles. The number of hydrogen-bond acceptors (Lipinski definition) is 5. The molecule has 0 amide bonds. The van der Waals surface area contributed by atoms with Crippen molar-refractivity contribution in [1.82, 2.24) is 4.90 Å². The van der Waals surface area contributed by atoms with Crippen molar-refractivity contribution in [2.24, 2.45) is 0 Å². The van der Waals surface area contributed by atoms with Crippen LogP contribution in [0.25, 0.3) is 0 Å². The van der Waals surface area contributed by atoms with E-state index < -0.39 is 6.10 Å². The number of hydrogen-bond donors (Lipinski definition) is 0. The zero-order chi connectivity index (χ0) is 18.9. The first-order valence-electron chi connectivity index (χ1n) is 9.44. The van der Waals surface area contributed by atoms with Crippen molar-refractivity contribution in [3.63, 3.8) is 0 Å². The number of benzene rings is 2. The van der Waals surface area contributed by atoms with Gasteiger partial charge in [0, 0.05) is 19.6 Å². The van der Waals surface area contributed by atoms with Crippen LogP contribution in [0.4, 0.5) is 0 Å². The lowest BCUT2D eigenvalue weighted by Gasteiger charge is -2.37. The van der Waals surface area contributed by atoms with Crippen LogP contribution in [0, 0.1) is 0 Å². The summed E-state index contributed by atoms with van der Waals surface area (Å²) in [7, 11) is 0. The highest BCUT2D eigenvalue weighted by molar-refractivity contribution is 5.75. The lowest BCUT2D eigenvalue weighted by atomic mass is 10.1. The van der Waals surface area contributed by atoms with Gasteiger partial charge in [-0.15, -0.1) is 0 Å². The van der Waals surface area contributed by atoms with Gasteiger partial charge in [-0.05, 0) is 18.1 Å². The topological polar surface area (TPSA) is 48.0 Å². The molecule has 1 fully saturated rings. The minimum absolute atomic E-state index is 0.166. The number of nitrogens with zero attached hydrogens (tertiary/aromatic N) is 1. The molecule has 2 atom stereocenters. The average Bonchev–Trinajstić information content (AvgIpc) is 2.70. The summed E-state index contributed by atoms with van der Waals surface area (Å²) in [5, 5.41) is 0. The molecule has 0 aromatic heterocycles. The number of rotatable bonds is 8. The zero-order valence-electron chi connectivity index (χ0n) is 15.8. The number of morpholine rings is 1. The Morgan fingerprint density at radius 2 is 1.70 bits per heavy atom. The predicted molar refractivity (Wildman–Crippen MR) is 103 cm³/mol. The highest BCUT2D eigenvalue weighted by atomic mass is 16.6. The van der Waals surface area contributed by atoms with Gasteiger partial charge in [-0.2, -0.15) is 0 Å². The number of ether oxygens (including phenoxy) is 3. The maximum absolute atomic E-state index is 12.2. The minimum atomic E-state index is -0.576. The van der Waals surface area contributed by atoms with E-state index in [0.717, 1.165) is 18.7 Å². The van der Waals surface area contributed by atoms with Gasteiger partial charge in [0.1, 0.15) is 0 Å². The summed E-state index contributed by atoms with van der Waals surface area (Å²) in [5.41, 5.74) is 2.34. The third-order valence-corrected chi connectivity index (χ3v) is 4.46. The van der Waals surface area contributed by atoms with Crippen LogP contribution >= 0.6 is 0 Å². The van der Waals surface area contributed by atoms with Gasteiger partial charge in [-0.25, -0.2) is 4.79 Å².